The minimum Gasteiger partial charge on any atom is -0.449 e. The van der Waals surface area contributed by atoms with Crippen LogP contribution < -0.4 is 10.6 Å². The number of amides is 2. The average molecular weight is 416 g/mol. The first-order valence-corrected chi connectivity index (χ1v) is 10.6. The van der Waals surface area contributed by atoms with Gasteiger partial charge in [0.2, 0.25) is 5.91 Å². The minimum absolute atomic E-state index is 0.164. The van der Waals surface area contributed by atoms with Crippen LogP contribution in [0, 0.1) is 5.92 Å². The first-order valence-electron chi connectivity index (χ1n) is 8.81. The molecule has 3 rings (SSSR count). The Morgan fingerprint density at radius 3 is 2.61 bits per heavy atom. The van der Waals surface area contributed by atoms with Crippen LogP contribution in [0.4, 0.5) is 16.2 Å². The van der Waals surface area contributed by atoms with E-state index in [-0.39, 0.29) is 18.2 Å². The van der Waals surface area contributed by atoms with Gasteiger partial charge in [-0.05, 0) is 35.6 Å². The first kappa shape index (κ1) is 20.0. The minimum atomic E-state index is -0.513. The second-order valence-corrected chi connectivity index (χ2v) is 8.35. The topological polar surface area (TPSA) is 80.3 Å². The molecular weight excluding hydrogens is 394 g/mol. The molecule has 2 N–H and O–H groups in total. The standard InChI is InChI=1S/C20H21N3O3S2/c1-13(2)11-26-20(25)23-15-6-3-5-14(9-15)21-18(24)10-16-12-28-19(22-16)17-7-4-8-27-17/h3-9,12-13H,10-11H2,1-2H3,(H,21,24)(H,23,25). The van der Waals surface area contributed by atoms with E-state index in [4.69, 9.17) is 4.74 Å². The molecule has 2 heterocycles. The third-order valence-corrected chi connectivity index (χ3v) is 5.50. The predicted molar refractivity (Wildman–Crippen MR) is 114 cm³/mol. The highest BCUT2D eigenvalue weighted by Crippen LogP contribution is 2.28. The van der Waals surface area contributed by atoms with Gasteiger partial charge in [0.25, 0.3) is 0 Å². The summed E-state index contributed by atoms with van der Waals surface area (Å²) in [5.41, 5.74) is 1.89. The number of aromatic nitrogens is 1. The summed E-state index contributed by atoms with van der Waals surface area (Å²) in [6, 6.07) is 10.9. The van der Waals surface area contributed by atoms with E-state index in [9.17, 15) is 9.59 Å². The van der Waals surface area contributed by atoms with Crippen molar-refractivity contribution in [3.8, 4) is 9.88 Å². The second kappa shape index (κ2) is 9.48. The molecule has 3 aromatic rings. The van der Waals surface area contributed by atoms with Gasteiger partial charge in [0, 0.05) is 16.8 Å². The Labute approximate surface area is 171 Å². The monoisotopic (exact) mass is 415 g/mol. The fraction of sp³-hybridized carbons (Fsp3) is 0.250. The molecule has 0 atom stereocenters. The lowest BCUT2D eigenvalue weighted by atomic mass is 10.2. The summed E-state index contributed by atoms with van der Waals surface area (Å²) in [7, 11) is 0. The number of benzene rings is 1. The first-order chi connectivity index (χ1) is 13.5. The third-order valence-electron chi connectivity index (χ3n) is 3.57. The number of thiazole rings is 1. The van der Waals surface area contributed by atoms with Crippen LogP contribution in [0.5, 0.6) is 0 Å². The fourth-order valence-corrected chi connectivity index (χ4v) is 3.98. The van der Waals surface area contributed by atoms with E-state index in [0.29, 0.717) is 18.0 Å². The highest BCUT2D eigenvalue weighted by atomic mass is 32.1. The smallest absolute Gasteiger partial charge is 0.411 e. The van der Waals surface area contributed by atoms with Crippen molar-refractivity contribution in [2.45, 2.75) is 20.3 Å². The fourth-order valence-electron chi connectivity index (χ4n) is 2.34. The van der Waals surface area contributed by atoms with Crippen LogP contribution in [0.1, 0.15) is 19.5 Å². The molecule has 28 heavy (non-hydrogen) atoms. The molecule has 0 aliphatic rings. The molecule has 6 nitrogen and oxygen atoms in total. The summed E-state index contributed by atoms with van der Waals surface area (Å²) in [4.78, 5) is 29.7. The van der Waals surface area contributed by atoms with Crippen LogP contribution in [0.25, 0.3) is 9.88 Å². The predicted octanol–water partition coefficient (Wildman–Crippen LogP) is 5.26. The zero-order valence-corrected chi connectivity index (χ0v) is 17.2. The van der Waals surface area contributed by atoms with Crippen LogP contribution in [0.3, 0.4) is 0 Å². The van der Waals surface area contributed by atoms with E-state index in [0.717, 1.165) is 15.6 Å². The van der Waals surface area contributed by atoms with E-state index in [1.165, 1.54) is 11.3 Å². The van der Waals surface area contributed by atoms with Gasteiger partial charge in [-0.15, -0.1) is 22.7 Å². The molecule has 8 heteroatoms. The van der Waals surface area contributed by atoms with Crippen molar-refractivity contribution in [1.29, 1.82) is 0 Å². The van der Waals surface area contributed by atoms with Crippen LogP contribution in [0.15, 0.2) is 47.2 Å². The number of anilines is 2. The van der Waals surface area contributed by atoms with Gasteiger partial charge in [-0.1, -0.05) is 26.0 Å². The Balaban J connectivity index is 1.55. The number of carbonyl (C=O) groups excluding carboxylic acids is 2. The molecule has 2 aromatic heterocycles. The summed E-state index contributed by atoms with van der Waals surface area (Å²) in [6.45, 7) is 4.29. The molecule has 0 spiro atoms. The van der Waals surface area contributed by atoms with Crippen molar-refractivity contribution in [2.75, 3.05) is 17.2 Å². The van der Waals surface area contributed by atoms with Crippen molar-refractivity contribution < 1.29 is 14.3 Å². The van der Waals surface area contributed by atoms with Gasteiger partial charge in [-0.25, -0.2) is 9.78 Å². The highest BCUT2D eigenvalue weighted by molar-refractivity contribution is 7.20. The van der Waals surface area contributed by atoms with Gasteiger partial charge in [0.05, 0.1) is 23.6 Å². The normalized spacial score (nSPS) is 10.7. The maximum Gasteiger partial charge on any atom is 0.411 e. The van der Waals surface area contributed by atoms with Crippen LogP contribution >= 0.6 is 22.7 Å². The second-order valence-electron chi connectivity index (χ2n) is 6.54. The maximum atomic E-state index is 12.3. The molecule has 0 aliphatic heterocycles. The number of thiophene rings is 1. The Kier molecular flexibility index (Phi) is 6.78. The number of nitrogens with one attached hydrogen (secondary N) is 2. The summed E-state index contributed by atoms with van der Waals surface area (Å²) in [5.74, 6) is 0.102. The van der Waals surface area contributed by atoms with Crippen LogP contribution in [0.2, 0.25) is 0 Å². The van der Waals surface area contributed by atoms with Crippen molar-refractivity contribution >= 4 is 46.0 Å². The molecular formula is C20H21N3O3S2. The average Bonchev–Trinajstić information content (AvgIpc) is 3.31. The van der Waals surface area contributed by atoms with Gasteiger partial charge in [-0.2, -0.15) is 0 Å². The Morgan fingerprint density at radius 2 is 1.89 bits per heavy atom. The summed E-state index contributed by atoms with van der Waals surface area (Å²) in [6.07, 6.45) is -0.323. The summed E-state index contributed by atoms with van der Waals surface area (Å²) in [5, 5.41) is 10.3. The lowest BCUT2D eigenvalue weighted by Gasteiger charge is -2.10. The number of nitrogens with zero attached hydrogens (tertiary/aromatic N) is 1. The Bertz CT molecular complexity index is 936. The third kappa shape index (κ3) is 5.90. The number of hydrogen-bond acceptors (Lipinski definition) is 6. The molecule has 0 unspecified atom stereocenters. The molecule has 146 valence electrons. The Hall–Kier alpha value is -2.71. The van der Waals surface area contributed by atoms with E-state index in [1.54, 1.807) is 35.6 Å². The number of ether oxygens (including phenoxy) is 1. The van der Waals surface area contributed by atoms with Crippen molar-refractivity contribution in [1.82, 2.24) is 4.98 Å². The maximum absolute atomic E-state index is 12.3. The zero-order chi connectivity index (χ0) is 19.9. The van der Waals surface area contributed by atoms with Crippen LogP contribution in [-0.2, 0) is 16.0 Å². The summed E-state index contributed by atoms with van der Waals surface area (Å²) < 4.78 is 5.10. The van der Waals surface area contributed by atoms with E-state index < -0.39 is 6.09 Å². The Morgan fingerprint density at radius 1 is 1.11 bits per heavy atom. The SMILES string of the molecule is CC(C)COC(=O)Nc1cccc(NC(=O)Cc2csc(-c3cccs3)n2)c1. The van der Waals surface area contributed by atoms with Crippen molar-refractivity contribution in [2.24, 2.45) is 5.92 Å². The molecule has 0 bridgehead atoms. The van der Waals surface area contributed by atoms with Crippen molar-refractivity contribution in [3.63, 3.8) is 0 Å². The number of rotatable bonds is 7. The largest absolute Gasteiger partial charge is 0.449 e. The van der Waals surface area contributed by atoms with E-state index in [2.05, 4.69) is 15.6 Å². The number of carbonyl (C=O) groups is 2. The highest BCUT2D eigenvalue weighted by Gasteiger charge is 2.11. The van der Waals surface area contributed by atoms with E-state index in [1.807, 2.05) is 36.7 Å². The lowest BCUT2D eigenvalue weighted by molar-refractivity contribution is -0.115. The molecule has 1 aromatic carbocycles. The zero-order valence-electron chi connectivity index (χ0n) is 15.6. The molecule has 0 radical (unpaired) electrons. The molecule has 2 amide bonds. The summed E-state index contributed by atoms with van der Waals surface area (Å²) >= 11 is 3.15. The van der Waals surface area contributed by atoms with Crippen LogP contribution in [-0.4, -0.2) is 23.6 Å². The molecule has 0 saturated carbocycles. The van der Waals surface area contributed by atoms with Gasteiger partial charge in [-0.3, -0.25) is 10.1 Å². The van der Waals surface area contributed by atoms with Gasteiger partial charge >= 0.3 is 6.09 Å². The molecule has 0 aliphatic carbocycles. The van der Waals surface area contributed by atoms with Gasteiger partial charge in [0.1, 0.15) is 5.01 Å². The molecule has 0 saturated heterocycles. The quantitative estimate of drug-likeness (QED) is 0.552. The van der Waals surface area contributed by atoms with E-state index >= 15 is 0 Å². The van der Waals surface area contributed by atoms with Gasteiger partial charge in [0.15, 0.2) is 0 Å². The van der Waals surface area contributed by atoms with Gasteiger partial charge < -0.3 is 10.1 Å². The molecule has 0 fully saturated rings. The number of hydrogen-bond donors (Lipinski definition) is 2. The van der Waals surface area contributed by atoms with Crippen molar-refractivity contribution in [3.05, 3.63) is 52.9 Å². The lowest BCUT2D eigenvalue weighted by Crippen LogP contribution is -2.17.